The Morgan fingerprint density at radius 2 is 2.00 bits per heavy atom. The van der Waals surface area contributed by atoms with Gasteiger partial charge < -0.3 is 4.57 Å². The highest BCUT2D eigenvalue weighted by Crippen LogP contribution is 2.35. The molecule has 2 aromatic rings. The molecule has 0 fully saturated rings. The monoisotopic (exact) mass is 305 g/mol. The average Bonchev–Trinajstić information content (AvgIpc) is 2.63. The summed E-state index contributed by atoms with van der Waals surface area (Å²) in [5.41, 5.74) is -0.349. The Morgan fingerprint density at radius 1 is 1.29 bits per heavy atom. The molecule has 7 heteroatoms. The zero-order valence-corrected chi connectivity index (χ0v) is 10.2. The molecule has 0 saturated carbocycles. The summed E-state index contributed by atoms with van der Waals surface area (Å²) < 4.78 is 39.8. The Labute approximate surface area is 103 Å². The Bertz CT molecular complexity index is 548. The van der Waals surface area contributed by atoms with Crippen LogP contribution in [0.2, 0.25) is 0 Å². The van der Waals surface area contributed by atoms with Crippen LogP contribution in [0.5, 0.6) is 0 Å². The molecule has 0 aliphatic heterocycles. The molecule has 0 unspecified atom stereocenters. The van der Waals surface area contributed by atoms with Crippen LogP contribution in [-0.4, -0.2) is 14.8 Å². The summed E-state index contributed by atoms with van der Waals surface area (Å²) >= 11 is 3.20. The third-order valence-electron chi connectivity index (χ3n) is 2.25. The lowest BCUT2D eigenvalue weighted by Crippen LogP contribution is -2.05. The second-order valence-corrected chi connectivity index (χ2v) is 4.31. The van der Waals surface area contributed by atoms with Crippen LogP contribution in [0.3, 0.4) is 0 Å². The van der Waals surface area contributed by atoms with Crippen LogP contribution in [0.4, 0.5) is 13.2 Å². The lowest BCUT2D eigenvalue weighted by molar-refractivity contribution is -0.137. The molecule has 0 bridgehead atoms. The van der Waals surface area contributed by atoms with E-state index >= 15 is 0 Å². The number of aromatic nitrogens is 3. The van der Waals surface area contributed by atoms with Crippen LogP contribution in [0.15, 0.2) is 29.0 Å². The van der Waals surface area contributed by atoms with Crippen molar-refractivity contribution < 1.29 is 13.2 Å². The first kappa shape index (κ1) is 12.1. The summed E-state index contributed by atoms with van der Waals surface area (Å²) in [6.07, 6.45) is -2.93. The quantitative estimate of drug-likeness (QED) is 0.809. The van der Waals surface area contributed by atoms with Gasteiger partial charge in [-0.2, -0.15) is 13.2 Å². The standard InChI is InChI=1S/C10H7BrF3N3/c1-17-5-15-16-9(17)7-4-6(10(12,13)14)2-3-8(7)11/h2-5H,1H3. The Kier molecular flexibility index (Phi) is 2.94. The molecule has 0 saturated heterocycles. The van der Waals surface area contributed by atoms with Gasteiger partial charge in [0.15, 0.2) is 5.82 Å². The molecular formula is C10H7BrF3N3. The van der Waals surface area contributed by atoms with E-state index in [0.29, 0.717) is 15.9 Å². The maximum Gasteiger partial charge on any atom is 0.416 e. The molecule has 0 aliphatic carbocycles. The number of hydrogen-bond donors (Lipinski definition) is 0. The fourth-order valence-electron chi connectivity index (χ4n) is 1.40. The minimum absolute atomic E-state index is 0.361. The SMILES string of the molecule is Cn1cnnc1-c1cc(C(F)(F)F)ccc1Br. The van der Waals surface area contributed by atoms with Crippen molar-refractivity contribution in [3.63, 3.8) is 0 Å². The second-order valence-electron chi connectivity index (χ2n) is 3.46. The van der Waals surface area contributed by atoms with Gasteiger partial charge in [0, 0.05) is 17.1 Å². The minimum atomic E-state index is -4.37. The van der Waals surface area contributed by atoms with Crippen LogP contribution < -0.4 is 0 Å². The van der Waals surface area contributed by atoms with Crippen molar-refractivity contribution in [3.8, 4) is 11.4 Å². The summed E-state index contributed by atoms with van der Waals surface area (Å²) in [5, 5.41) is 7.43. The molecule has 3 nitrogen and oxygen atoms in total. The molecule has 17 heavy (non-hydrogen) atoms. The number of rotatable bonds is 1. The fraction of sp³-hybridized carbons (Fsp3) is 0.200. The molecule has 1 aromatic heterocycles. The van der Waals surface area contributed by atoms with E-state index in [9.17, 15) is 13.2 Å². The first-order chi connectivity index (χ1) is 7.89. The molecule has 0 N–H and O–H groups in total. The molecule has 0 atom stereocenters. The highest BCUT2D eigenvalue weighted by Gasteiger charge is 2.31. The van der Waals surface area contributed by atoms with Gasteiger partial charge in [-0.3, -0.25) is 0 Å². The third-order valence-corrected chi connectivity index (χ3v) is 2.94. The maximum absolute atomic E-state index is 12.6. The number of nitrogens with zero attached hydrogens (tertiary/aromatic N) is 3. The second kappa shape index (κ2) is 4.14. The van der Waals surface area contributed by atoms with Crippen LogP contribution in [0, 0.1) is 0 Å². The van der Waals surface area contributed by atoms with Gasteiger partial charge in [0.05, 0.1) is 5.56 Å². The smallest absolute Gasteiger partial charge is 0.317 e. The van der Waals surface area contributed by atoms with Crippen LogP contribution in [-0.2, 0) is 13.2 Å². The number of aryl methyl sites for hydroxylation is 1. The summed E-state index contributed by atoms with van der Waals surface area (Å²) in [5.74, 6) is 0.378. The molecule has 0 spiro atoms. The maximum atomic E-state index is 12.6. The van der Waals surface area contributed by atoms with Crippen LogP contribution in [0.1, 0.15) is 5.56 Å². The molecule has 1 aromatic carbocycles. The van der Waals surface area contributed by atoms with Crippen molar-refractivity contribution in [2.75, 3.05) is 0 Å². The van der Waals surface area contributed by atoms with E-state index in [4.69, 9.17) is 0 Å². The predicted octanol–water partition coefficient (Wildman–Crippen LogP) is 3.26. The Hall–Kier alpha value is -1.37. The van der Waals surface area contributed by atoms with E-state index in [1.165, 1.54) is 12.4 Å². The zero-order valence-electron chi connectivity index (χ0n) is 8.66. The van der Waals surface area contributed by atoms with Crippen LogP contribution >= 0.6 is 15.9 Å². The number of alkyl halides is 3. The summed E-state index contributed by atoms with van der Waals surface area (Å²) in [6.45, 7) is 0. The Balaban J connectivity index is 2.58. The van der Waals surface area contributed by atoms with Crippen molar-refractivity contribution in [1.29, 1.82) is 0 Å². The van der Waals surface area contributed by atoms with Gasteiger partial charge in [-0.25, -0.2) is 0 Å². The van der Waals surface area contributed by atoms with E-state index in [-0.39, 0.29) is 0 Å². The molecule has 0 radical (unpaired) electrons. The van der Waals surface area contributed by atoms with Gasteiger partial charge >= 0.3 is 6.18 Å². The van der Waals surface area contributed by atoms with E-state index < -0.39 is 11.7 Å². The lowest BCUT2D eigenvalue weighted by atomic mass is 10.1. The zero-order chi connectivity index (χ0) is 12.6. The average molecular weight is 306 g/mol. The molecule has 90 valence electrons. The van der Waals surface area contributed by atoms with E-state index in [1.807, 2.05) is 0 Å². The molecule has 0 amide bonds. The first-order valence-corrected chi connectivity index (χ1v) is 5.40. The van der Waals surface area contributed by atoms with Crippen molar-refractivity contribution in [2.45, 2.75) is 6.18 Å². The van der Waals surface area contributed by atoms with E-state index in [0.717, 1.165) is 12.1 Å². The molecule has 2 rings (SSSR count). The van der Waals surface area contributed by atoms with Gasteiger partial charge in [-0.1, -0.05) is 15.9 Å². The summed E-state index contributed by atoms with van der Waals surface area (Å²) in [7, 11) is 1.67. The van der Waals surface area contributed by atoms with Crippen molar-refractivity contribution >= 4 is 15.9 Å². The number of benzene rings is 1. The minimum Gasteiger partial charge on any atom is -0.317 e. The topological polar surface area (TPSA) is 30.7 Å². The summed E-state index contributed by atoms with van der Waals surface area (Å²) in [4.78, 5) is 0. The largest absolute Gasteiger partial charge is 0.416 e. The van der Waals surface area contributed by atoms with E-state index in [2.05, 4.69) is 26.1 Å². The van der Waals surface area contributed by atoms with Gasteiger partial charge in [0.1, 0.15) is 6.33 Å². The van der Waals surface area contributed by atoms with E-state index in [1.54, 1.807) is 11.6 Å². The van der Waals surface area contributed by atoms with Gasteiger partial charge in [-0.15, -0.1) is 10.2 Å². The van der Waals surface area contributed by atoms with Gasteiger partial charge in [0.2, 0.25) is 0 Å². The van der Waals surface area contributed by atoms with Crippen molar-refractivity contribution in [1.82, 2.24) is 14.8 Å². The highest BCUT2D eigenvalue weighted by atomic mass is 79.9. The fourth-order valence-corrected chi connectivity index (χ4v) is 1.82. The van der Waals surface area contributed by atoms with Crippen molar-refractivity contribution in [2.24, 2.45) is 7.05 Å². The summed E-state index contributed by atoms with van der Waals surface area (Å²) in [6, 6.07) is 3.42. The predicted molar refractivity (Wildman–Crippen MR) is 59.1 cm³/mol. The van der Waals surface area contributed by atoms with Gasteiger partial charge in [0.25, 0.3) is 0 Å². The molecule has 1 heterocycles. The lowest BCUT2D eigenvalue weighted by Gasteiger charge is -2.10. The number of hydrogen-bond acceptors (Lipinski definition) is 2. The Morgan fingerprint density at radius 3 is 2.53 bits per heavy atom. The van der Waals surface area contributed by atoms with Gasteiger partial charge in [-0.05, 0) is 18.2 Å². The highest BCUT2D eigenvalue weighted by molar-refractivity contribution is 9.10. The molecular weight excluding hydrogens is 299 g/mol. The molecule has 0 aliphatic rings. The first-order valence-electron chi connectivity index (χ1n) is 4.60. The number of halogens is 4. The normalized spacial score (nSPS) is 11.8. The van der Waals surface area contributed by atoms with Crippen molar-refractivity contribution in [3.05, 3.63) is 34.6 Å². The third kappa shape index (κ3) is 2.33. The van der Waals surface area contributed by atoms with Crippen LogP contribution in [0.25, 0.3) is 11.4 Å².